The summed E-state index contributed by atoms with van der Waals surface area (Å²) in [6, 6.07) is 4.41. The summed E-state index contributed by atoms with van der Waals surface area (Å²) in [6.07, 6.45) is -5.87. The third-order valence-electron chi connectivity index (χ3n) is 2.31. The number of hydrogen-bond donors (Lipinski definition) is 1. The van der Waals surface area contributed by atoms with Crippen LogP contribution in [0.15, 0.2) is 23.3 Å². The molecule has 1 heterocycles. The molecule has 0 spiro atoms. The van der Waals surface area contributed by atoms with Gasteiger partial charge in [0.15, 0.2) is 0 Å². The zero-order chi connectivity index (χ0) is 17.2. The number of carbonyl (C=O) groups excluding carboxylic acids is 1. The van der Waals surface area contributed by atoms with Crippen molar-refractivity contribution in [1.82, 2.24) is 10.4 Å². The van der Waals surface area contributed by atoms with Gasteiger partial charge in [0.25, 0.3) is 0 Å². The molecule has 0 radical (unpaired) electrons. The quantitative estimate of drug-likeness (QED) is 0.524. The van der Waals surface area contributed by atoms with E-state index in [0.717, 1.165) is 5.43 Å². The van der Waals surface area contributed by atoms with Crippen LogP contribution in [0.4, 0.5) is 30.7 Å². The van der Waals surface area contributed by atoms with Crippen molar-refractivity contribution < 1.29 is 35.5 Å². The van der Waals surface area contributed by atoms with E-state index in [9.17, 15) is 35.5 Å². The number of hydrazone groups is 1. The maximum absolute atomic E-state index is 12.9. The summed E-state index contributed by atoms with van der Waals surface area (Å²) < 4.78 is 86.5. The average Bonchev–Trinajstić information content (AvgIpc) is 2.37. The molecule has 1 aromatic heterocycles. The summed E-state index contributed by atoms with van der Waals surface area (Å²) in [6.45, 7) is 1.58. The summed E-state index contributed by atoms with van der Waals surface area (Å²) in [5, 5.41) is 2.88. The van der Waals surface area contributed by atoms with Crippen molar-refractivity contribution in [3.8, 4) is 0 Å². The number of nitrogens with zero attached hydrogens (tertiary/aromatic N) is 2. The number of carbonyl (C=O) groups is 1. The molecule has 0 saturated carbocycles. The molecule has 1 N–H and O–H groups in total. The summed E-state index contributed by atoms with van der Waals surface area (Å²) >= 11 is 0. The Morgan fingerprint density at radius 2 is 1.77 bits per heavy atom. The van der Waals surface area contributed by atoms with Gasteiger partial charge in [0, 0.05) is 5.69 Å². The molecule has 0 saturated heterocycles. The standard InChI is InChI=1S/C11H8F7N3O/c1-6-3-2-4-7(20-6)5-19-21-8(22)9(12,13)10(14,15)11(16,17)18/h2-5H,1H3,(H,21,22). The molecule has 122 valence electrons. The first kappa shape index (κ1) is 17.9. The van der Waals surface area contributed by atoms with Crippen LogP contribution in [0.3, 0.4) is 0 Å². The second kappa shape index (κ2) is 5.89. The Morgan fingerprint density at radius 1 is 1.18 bits per heavy atom. The van der Waals surface area contributed by atoms with Crippen LogP contribution in [0.5, 0.6) is 0 Å². The van der Waals surface area contributed by atoms with Gasteiger partial charge in [-0.25, -0.2) is 5.43 Å². The van der Waals surface area contributed by atoms with Gasteiger partial charge in [-0.05, 0) is 19.1 Å². The van der Waals surface area contributed by atoms with Gasteiger partial charge in [-0.1, -0.05) is 6.07 Å². The van der Waals surface area contributed by atoms with Crippen molar-refractivity contribution in [2.24, 2.45) is 5.10 Å². The number of amides is 1. The maximum atomic E-state index is 12.9. The number of aromatic nitrogens is 1. The van der Waals surface area contributed by atoms with E-state index in [4.69, 9.17) is 0 Å². The molecule has 0 bridgehead atoms. The van der Waals surface area contributed by atoms with Crippen molar-refractivity contribution in [1.29, 1.82) is 0 Å². The van der Waals surface area contributed by atoms with Gasteiger partial charge >= 0.3 is 23.9 Å². The van der Waals surface area contributed by atoms with E-state index in [1.807, 2.05) is 0 Å². The van der Waals surface area contributed by atoms with E-state index >= 15 is 0 Å². The molecule has 22 heavy (non-hydrogen) atoms. The minimum atomic E-state index is -6.59. The topological polar surface area (TPSA) is 54.4 Å². The van der Waals surface area contributed by atoms with E-state index in [1.54, 1.807) is 13.0 Å². The van der Waals surface area contributed by atoms with Crippen LogP contribution >= 0.6 is 0 Å². The highest BCUT2D eigenvalue weighted by molar-refractivity contribution is 5.86. The lowest BCUT2D eigenvalue weighted by molar-refractivity contribution is -0.344. The van der Waals surface area contributed by atoms with Crippen LogP contribution in [-0.4, -0.2) is 35.1 Å². The largest absolute Gasteiger partial charge is 0.460 e. The van der Waals surface area contributed by atoms with Gasteiger partial charge in [-0.2, -0.15) is 35.8 Å². The number of pyridine rings is 1. The summed E-state index contributed by atoms with van der Waals surface area (Å²) in [7, 11) is 0. The fourth-order valence-corrected chi connectivity index (χ4v) is 1.18. The summed E-state index contributed by atoms with van der Waals surface area (Å²) in [5.74, 6) is -15.4. The minimum absolute atomic E-state index is 0.0752. The van der Waals surface area contributed by atoms with Gasteiger partial charge < -0.3 is 0 Å². The van der Waals surface area contributed by atoms with Gasteiger partial charge in [-0.3, -0.25) is 9.78 Å². The summed E-state index contributed by atoms with van der Waals surface area (Å²) in [5.41, 5.74) is 1.51. The van der Waals surface area contributed by atoms with Gasteiger partial charge in [-0.15, -0.1) is 0 Å². The van der Waals surface area contributed by atoms with Crippen LogP contribution in [0.1, 0.15) is 11.4 Å². The molecule has 4 nitrogen and oxygen atoms in total. The van der Waals surface area contributed by atoms with Crippen molar-refractivity contribution in [2.75, 3.05) is 0 Å². The number of hydrogen-bond acceptors (Lipinski definition) is 3. The third-order valence-corrected chi connectivity index (χ3v) is 2.31. The predicted molar refractivity (Wildman–Crippen MR) is 60.7 cm³/mol. The third kappa shape index (κ3) is 3.52. The second-order valence-corrected chi connectivity index (χ2v) is 4.05. The molecule has 1 aromatic rings. The Hall–Kier alpha value is -2.20. The van der Waals surface area contributed by atoms with E-state index in [0.29, 0.717) is 11.9 Å². The van der Waals surface area contributed by atoms with E-state index < -0.39 is 23.9 Å². The molecule has 0 fully saturated rings. The Labute approximate surface area is 119 Å². The van der Waals surface area contributed by atoms with Crippen molar-refractivity contribution in [3.05, 3.63) is 29.6 Å². The van der Waals surface area contributed by atoms with Crippen LogP contribution in [-0.2, 0) is 4.79 Å². The molecule has 0 aliphatic carbocycles. The number of aryl methyl sites for hydroxylation is 1. The SMILES string of the molecule is Cc1cccc(C=NNC(=O)C(F)(F)C(F)(F)C(F)(F)F)n1. The lowest BCUT2D eigenvalue weighted by atomic mass is 10.1. The zero-order valence-electron chi connectivity index (χ0n) is 10.8. The predicted octanol–water partition coefficient (Wildman–Crippen LogP) is 2.67. The molecule has 1 amide bonds. The van der Waals surface area contributed by atoms with Gasteiger partial charge in [0.05, 0.1) is 11.9 Å². The van der Waals surface area contributed by atoms with Crippen molar-refractivity contribution >= 4 is 12.1 Å². The molecule has 1 rings (SSSR count). The first-order valence-electron chi connectivity index (χ1n) is 5.49. The first-order valence-corrected chi connectivity index (χ1v) is 5.49. The highest BCUT2D eigenvalue weighted by Crippen LogP contribution is 2.46. The lowest BCUT2D eigenvalue weighted by Gasteiger charge is -2.26. The fraction of sp³-hybridized carbons (Fsp3) is 0.364. The zero-order valence-corrected chi connectivity index (χ0v) is 10.8. The second-order valence-electron chi connectivity index (χ2n) is 4.05. The highest BCUT2D eigenvalue weighted by Gasteiger charge is 2.76. The summed E-state index contributed by atoms with van der Waals surface area (Å²) in [4.78, 5) is 14.6. The molecular formula is C11H8F7N3O. The number of alkyl halides is 7. The number of halogens is 7. The fourth-order valence-electron chi connectivity index (χ4n) is 1.18. The van der Waals surface area contributed by atoms with E-state index in [-0.39, 0.29) is 5.69 Å². The van der Waals surface area contributed by atoms with Gasteiger partial charge in [0.2, 0.25) is 0 Å². The van der Waals surface area contributed by atoms with Crippen LogP contribution in [0, 0.1) is 6.92 Å². The normalized spacial score (nSPS) is 13.5. The number of rotatable bonds is 4. The monoisotopic (exact) mass is 331 g/mol. The number of nitrogens with one attached hydrogen (secondary N) is 1. The average molecular weight is 331 g/mol. The minimum Gasteiger partial charge on any atom is -0.266 e. The van der Waals surface area contributed by atoms with E-state index in [2.05, 4.69) is 10.1 Å². The first-order chi connectivity index (χ1) is 9.89. The Bertz CT molecular complexity index is 583. The van der Waals surface area contributed by atoms with E-state index in [1.165, 1.54) is 12.1 Å². The van der Waals surface area contributed by atoms with Crippen LogP contribution < -0.4 is 5.43 Å². The maximum Gasteiger partial charge on any atom is 0.460 e. The molecule has 0 aliphatic heterocycles. The van der Waals surface area contributed by atoms with Gasteiger partial charge in [0.1, 0.15) is 0 Å². The molecule has 11 heteroatoms. The smallest absolute Gasteiger partial charge is 0.266 e. The Morgan fingerprint density at radius 3 is 2.27 bits per heavy atom. The van der Waals surface area contributed by atoms with Crippen molar-refractivity contribution in [3.63, 3.8) is 0 Å². The molecule has 0 aliphatic rings. The molecule has 0 aromatic carbocycles. The van der Waals surface area contributed by atoms with Crippen LogP contribution in [0.2, 0.25) is 0 Å². The molecule has 0 atom stereocenters. The molecular weight excluding hydrogens is 323 g/mol. The Kier molecular flexibility index (Phi) is 4.78. The highest BCUT2D eigenvalue weighted by atomic mass is 19.4. The van der Waals surface area contributed by atoms with Crippen molar-refractivity contribution in [2.45, 2.75) is 24.9 Å². The lowest BCUT2D eigenvalue weighted by Crippen LogP contribution is -2.58. The Balaban J connectivity index is 2.84. The molecule has 0 unspecified atom stereocenters. The van der Waals surface area contributed by atoms with Crippen LogP contribution in [0.25, 0.3) is 0 Å².